The molecule has 0 spiro atoms. The number of sulfonamides is 1. The second-order valence-electron chi connectivity index (χ2n) is 5.15. The van der Waals surface area contributed by atoms with E-state index in [0.29, 0.717) is 16.8 Å². The first-order chi connectivity index (χ1) is 11.8. The van der Waals surface area contributed by atoms with E-state index in [2.05, 4.69) is 16.0 Å². The summed E-state index contributed by atoms with van der Waals surface area (Å²) >= 11 is 0. The van der Waals surface area contributed by atoms with Crippen LogP contribution in [0.5, 0.6) is 0 Å². The van der Waals surface area contributed by atoms with Crippen LogP contribution in [0.2, 0.25) is 0 Å². The number of benzene rings is 2. The first-order valence-electron chi connectivity index (χ1n) is 7.29. The molecule has 25 heavy (non-hydrogen) atoms. The van der Waals surface area contributed by atoms with Crippen molar-refractivity contribution in [3.63, 3.8) is 0 Å². The molecule has 0 radical (unpaired) electrons. The van der Waals surface area contributed by atoms with Crippen molar-refractivity contribution in [2.24, 2.45) is 0 Å². The van der Waals surface area contributed by atoms with E-state index in [1.54, 1.807) is 0 Å². The summed E-state index contributed by atoms with van der Waals surface area (Å²) in [5.41, 5.74) is 1.11. The van der Waals surface area contributed by atoms with E-state index < -0.39 is 10.0 Å². The summed E-state index contributed by atoms with van der Waals surface area (Å²) < 4.78 is 27.1. The molecule has 0 aromatic heterocycles. The van der Waals surface area contributed by atoms with E-state index in [1.165, 1.54) is 55.5 Å². The van der Waals surface area contributed by atoms with E-state index in [0.717, 1.165) is 0 Å². The van der Waals surface area contributed by atoms with Gasteiger partial charge in [0.15, 0.2) is 5.78 Å². The van der Waals surface area contributed by atoms with Crippen molar-refractivity contribution in [1.82, 2.24) is 5.32 Å². The summed E-state index contributed by atoms with van der Waals surface area (Å²) in [4.78, 5) is 23.0. The first-order valence-corrected chi connectivity index (χ1v) is 8.77. The third-order valence-electron chi connectivity index (χ3n) is 3.32. The average Bonchev–Trinajstić information content (AvgIpc) is 2.60. The number of nitrogens with one attached hydrogen (secondary N) is 2. The average molecular weight is 356 g/mol. The molecule has 6 nitrogen and oxygen atoms in total. The number of ketones is 1. The molecular weight excluding hydrogens is 340 g/mol. The Bertz CT molecular complexity index is 925. The van der Waals surface area contributed by atoms with Gasteiger partial charge in [0.2, 0.25) is 0 Å². The maximum atomic E-state index is 12.3. The van der Waals surface area contributed by atoms with Crippen molar-refractivity contribution < 1.29 is 18.0 Å². The second-order valence-corrected chi connectivity index (χ2v) is 6.83. The molecule has 2 aromatic rings. The van der Waals surface area contributed by atoms with Gasteiger partial charge in [-0.2, -0.15) is 0 Å². The first kappa shape index (κ1) is 18.2. The number of terminal acetylenes is 1. The second kappa shape index (κ2) is 7.64. The Labute approximate surface area is 146 Å². The molecule has 1 amide bonds. The fourth-order valence-corrected chi connectivity index (χ4v) is 3.06. The predicted molar refractivity (Wildman–Crippen MR) is 94.9 cm³/mol. The molecule has 2 rings (SSSR count). The molecule has 2 aromatic carbocycles. The quantitative estimate of drug-likeness (QED) is 0.612. The minimum atomic E-state index is -3.79. The van der Waals surface area contributed by atoms with Gasteiger partial charge in [-0.25, -0.2) is 8.42 Å². The number of hydrogen-bond donors (Lipinski definition) is 2. The zero-order chi connectivity index (χ0) is 18.4. The zero-order valence-electron chi connectivity index (χ0n) is 13.4. The van der Waals surface area contributed by atoms with Gasteiger partial charge in [0.1, 0.15) is 0 Å². The van der Waals surface area contributed by atoms with Crippen LogP contribution in [0.4, 0.5) is 5.69 Å². The Balaban J connectivity index is 2.14. The lowest BCUT2D eigenvalue weighted by molar-refractivity contribution is 0.0957. The summed E-state index contributed by atoms with van der Waals surface area (Å²) in [6, 6.07) is 11.6. The smallest absolute Gasteiger partial charge is 0.261 e. The van der Waals surface area contributed by atoms with E-state index in [4.69, 9.17) is 6.42 Å². The molecule has 7 heteroatoms. The minimum Gasteiger partial charge on any atom is -0.341 e. The Morgan fingerprint density at radius 3 is 2.08 bits per heavy atom. The number of rotatable bonds is 6. The van der Waals surface area contributed by atoms with Gasteiger partial charge in [0.25, 0.3) is 15.9 Å². The highest BCUT2D eigenvalue weighted by Crippen LogP contribution is 2.17. The van der Waals surface area contributed by atoms with Gasteiger partial charge in [0.05, 0.1) is 11.4 Å². The Morgan fingerprint density at radius 2 is 1.56 bits per heavy atom. The molecule has 2 N–H and O–H groups in total. The molecule has 0 saturated heterocycles. The largest absolute Gasteiger partial charge is 0.341 e. The summed E-state index contributed by atoms with van der Waals surface area (Å²) in [7, 11) is -3.79. The molecule has 0 aliphatic carbocycles. The molecule has 0 aliphatic rings. The fraction of sp³-hybridized carbons (Fsp3) is 0.111. The van der Waals surface area contributed by atoms with Gasteiger partial charge >= 0.3 is 0 Å². The highest BCUT2D eigenvalue weighted by molar-refractivity contribution is 7.92. The molecule has 0 fully saturated rings. The Hall–Kier alpha value is -3.11. The van der Waals surface area contributed by atoms with Crippen LogP contribution < -0.4 is 10.0 Å². The van der Waals surface area contributed by atoms with Crippen molar-refractivity contribution in [2.75, 3.05) is 11.3 Å². The minimum absolute atomic E-state index is 0.0355. The third-order valence-corrected chi connectivity index (χ3v) is 4.72. The van der Waals surface area contributed by atoms with E-state index in [-0.39, 0.29) is 23.1 Å². The lowest BCUT2D eigenvalue weighted by Gasteiger charge is -2.09. The lowest BCUT2D eigenvalue weighted by Crippen LogP contribution is -2.23. The topological polar surface area (TPSA) is 92.3 Å². The van der Waals surface area contributed by atoms with E-state index in [1.807, 2.05) is 0 Å². The van der Waals surface area contributed by atoms with Crippen molar-refractivity contribution in [1.29, 1.82) is 0 Å². The van der Waals surface area contributed by atoms with Crippen LogP contribution in [-0.4, -0.2) is 26.7 Å². The number of anilines is 1. The van der Waals surface area contributed by atoms with Crippen LogP contribution in [0, 0.1) is 12.3 Å². The van der Waals surface area contributed by atoms with Gasteiger partial charge in [-0.3, -0.25) is 14.3 Å². The standard InChI is InChI=1S/C18H16N2O4S/c1-3-12-19-18(22)15-4-8-16(9-5-15)20-25(23,24)17-10-6-14(7-11-17)13(2)21/h1,4-11,20H,12H2,2H3,(H,19,22). The number of carbonyl (C=O) groups excluding carboxylic acids is 2. The summed E-state index contributed by atoms with van der Waals surface area (Å²) in [5, 5.41) is 2.52. The molecule has 0 atom stereocenters. The highest BCUT2D eigenvalue weighted by atomic mass is 32.2. The van der Waals surface area contributed by atoms with Crippen molar-refractivity contribution in [2.45, 2.75) is 11.8 Å². The number of hydrogen-bond acceptors (Lipinski definition) is 4. The molecule has 128 valence electrons. The van der Waals surface area contributed by atoms with Gasteiger partial charge in [-0.1, -0.05) is 18.1 Å². The lowest BCUT2D eigenvalue weighted by atomic mass is 10.2. The summed E-state index contributed by atoms with van der Waals surface area (Å²) in [6.45, 7) is 1.52. The SMILES string of the molecule is C#CCNC(=O)c1ccc(NS(=O)(=O)c2ccc(C(C)=O)cc2)cc1. The summed E-state index contributed by atoms with van der Waals surface area (Å²) in [6.07, 6.45) is 5.07. The van der Waals surface area contributed by atoms with Crippen molar-refractivity contribution in [3.05, 3.63) is 59.7 Å². The monoisotopic (exact) mass is 356 g/mol. The third kappa shape index (κ3) is 4.68. The van der Waals surface area contributed by atoms with Crippen LogP contribution in [0.25, 0.3) is 0 Å². The molecule has 0 bridgehead atoms. The number of Topliss-reactive ketones (excluding diaryl/α,β-unsaturated/α-hetero) is 1. The van der Waals surface area contributed by atoms with E-state index >= 15 is 0 Å². The highest BCUT2D eigenvalue weighted by Gasteiger charge is 2.15. The molecule has 0 unspecified atom stereocenters. The van der Waals surface area contributed by atoms with Crippen LogP contribution in [-0.2, 0) is 10.0 Å². The van der Waals surface area contributed by atoms with Crippen molar-refractivity contribution >= 4 is 27.4 Å². The van der Waals surface area contributed by atoms with Gasteiger partial charge in [-0.05, 0) is 43.3 Å². The zero-order valence-corrected chi connectivity index (χ0v) is 14.3. The maximum Gasteiger partial charge on any atom is 0.261 e. The van der Waals surface area contributed by atoms with Gasteiger partial charge in [0, 0.05) is 16.8 Å². The van der Waals surface area contributed by atoms with Crippen molar-refractivity contribution in [3.8, 4) is 12.3 Å². The number of carbonyl (C=O) groups is 2. The molecule has 0 aliphatic heterocycles. The summed E-state index contributed by atoms with van der Waals surface area (Å²) in [5.74, 6) is 1.81. The van der Waals surface area contributed by atoms with Crippen LogP contribution >= 0.6 is 0 Å². The Morgan fingerprint density at radius 1 is 1.00 bits per heavy atom. The normalized spacial score (nSPS) is 10.6. The van der Waals surface area contributed by atoms with Crippen LogP contribution in [0.15, 0.2) is 53.4 Å². The Kier molecular flexibility index (Phi) is 5.57. The molecular formula is C18H16N2O4S. The predicted octanol–water partition coefficient (Wildman–Crippen LogP) is 2.05. The molecule has 0 saturated carbocycles. The fourth-order valence-electron chi connectivity index (χ4n) is 2.01. The van der Waals surface area contributed by atoms with Gasteiger partial charge in [-0.15, -0.1) is 6.42 Å². The van der Waals surface area contributed by atoms with E-state index in [9.17, 15) is 18.0 Å². The number of amides is 1. The maximum absolute atomic E-state index is 12.3. The van der Waals surface area contributed by atoms with Gasteiger partial charge < -0.3 is 5.32 Å². The molecule has 0 heterocycles. The van der Waals surface area contributed by atoms with Crippen LogP contribution in [0.1, 0.15) is 27.6 Å². The van der Waals surface area contributed by atoms with Crippen LogP contribution in [0.3, 0.4) is 0 Å².